The molecule has 3 aromatic carbocycles. The van der Waals surface area contributed by atoms with E-state index in [1.54, 1.807) is 80.8 Å². The van der Waals surface area contributed by atoms with Crippen LogP contribution in [-0.4, -0.2) is 32.2 Å². The molecule has 0 unspecified atom stereocenters. The van der Waals surface area contributed by atoms with Gasteiger partial charge in [0.25, 0.3) is 5.91 Å². The van der Waals surface area contributed by atoms with Crippen LogP contribution >= 0.6 is 23.2 Å². The Bertz CT molecular complexity index is 1100. The second-order valence-electron chi connectivity index (χ2n) is 6.95. The van der Waals surface area contributed by atoms with Gasteiger partial charge < -0.3 is 19.1 Å². The van der Waals surface area contributed by atoms with Gasteiger partial charge in [-0.25, -0.2) is 4.79 Å². The maximum absolute atomic E-state index is 13.2. The number of carbonyl (C=O) groups is 2. The van der Waals surface area contributed by atoms with Crippen molar-refractivity contribution in [2.45, 2.75) is 13.5 Å². The second kappa shape index (κ2) is 11.6. The van der Waals surface area contributed by atoms with Crippen LogP contribution in [0.3, 0.4) is 0 Å². The van der Waals surface area contributed by atoms with E-state index in [0.29, 0.717) is 38.4 Å². The molecule has 6 nitrogen and oxygen atoms in total. The normalized spacial score (nSPS) is 10.4. The standard InChI is InChI=1S/C25H23Cl2NO5/c1-3-32-25(30)17-5-8-20(9-6-17)28(15-18-4-7-19(26)14-23(18)27)24(29)16-33-22-12-10-21(31-2)11-13-22/h4-14H,3,15-16H2,1-2H3. The molecule has 8 heteroatoms. The smallest absolute Gasteiger partial charge is 0.338 e. The summed E-state index contributed by atoms with van der Waals surface area (Å²) in [7, 11) is 1.58. The highest BCUT2D eigenvalue weighted by Crippen LogP contribution is 2.26. The SMILES string of the molecule is CCOC(=O)c1ccc(N(Cc2ccc(Cl)cc2Cl)C(=O)COc2ccc(OC)cc2)cc1. The number of hydrogen-bond donors (Lipinski definition) is 0. The first kappa shape index (κ1) is 24.4. The molecule has 0 aromatic heterocycles. The fourth-order valence-electron chi connectivity index (χ4n) is 3.03. The molecule has 0 saturated heterocycles. The first-order chi connectivity index (χ1) is 15.9. The summed E-state index contributed by atoms with van der Waals surface area (Å²) in [5.41, 5.74) is 1.69. The molecule has 172 valence electrons. The van der Waals surface area contributed by atoms with Crippen LogP contribution in [0.2, 0.25) is 10.0 Å². The van der Waals surface area contributed by atoms with E-state index in [1.165, 1.54) is 4.90 Å². The predicted molar refractivity (Wildman–Crippen MR) is 129 cm³/mol. The zero-order valence-corrected chi connectivity index (χ0v) is 19.7. The van der Waals surface area contributed by atoms with Gasteiger partial charge in [0.15, 0.2) is 6.61 Å². The molecular formula is C25H23Cl2NO5. The number of hydrogen-bond acceptors (Lipinski definition) is 5. The van der Waals surface area contributed by atoms with Crippen molar-refractivity contribution in [3.63, 3.8) is 0 Å². The zero-order valence-electron chi connectivity index (χ0n) is 18.2. The van der Waals surface area contributed by atoms with Crippen molar-refractivity contribution >= 4 is 40.8 Å². The Kier molecular flexibility index (Phi) is 8.58. The lowest BCUT2D eigenvalue weighted by molar-refractivity contribution is -0.120. The number of halogens is 2. The number of carbonyl (C=O) groups excluding carboxylic acids is 2. The first-order valence-corrected chi connectivity index (χ1v) is 10.9. The van der Waals surface area contributed by atoms with Gasteiger partial charge >= 0.3 is 5.97 Å². The van der Waals surface area contributed by atoms with E-state index in [0.717, 1.165) is 0 Å². The topological polar surface area (TPSA) is 65.1 Å². The van der Waals surface area contributed by atoms with Crippen LogP contribution in [0.5, 0.6) is 11.5 Å². The molecule has 0 saturated carbocycles. The number of rotatable bonds is 9. The highest BCUT2D eigenvalue weighted by atomic mass is 35.5. The molecular weight excluding hydrogens is 465 g/mol. The predicted octanol–water partition coefficient (Wildman–Crippen LogP) is 5.79. The molecule has 3 rings (SSSR count). The Balaban J connectivity index is 1.82. The minimum Gasteiger partial charge on any atom is -0.497 e. The number of anilines is 1. The van der Waals surface area contributed by atoms with Crippen molar-refractivity contribution in [1.82, 2.24) is 0 Å². The van der Waals surface area contributed by atoms with Crippen LogP contribution in [0.25, 0.3) is 0 Å². The Morgan fingerprint density at radius 3 is 2.18 bits per heavy atom. The molecule has 33 heavy (non-hydrogen) atoms. The molecule has 0 aliphatic carbocycles. The van der Waals surface area contributed by atoms with E-state index in [-0.39, 0.29) is 25.7 Å². The van der Waals surface area contributed by atoms with Gasteiger partial charge in [-0.15, -0.1) is 0 Å². The fourth-order valence-corrected chi connectivity index (χ4v) is 3.50. The Morgan fingerprint density at radius 2 is 1.58 bits per heavy atom. The lowest BCUT2D eigenvalue weighted by Gasteiger charge is -2.24. The van der Waals surface area contributed by atoms with E-state index in [1.807, 2.05) is 0 Å². The largest absolute Gasteiger partial charge is 0.497 e. The Morgan fingerprint density at radius 1 is 0.909 bits per heavy atom. The van der Waals surface area contributed by atoms with Crippen molar-refractivity contribution in [1.29, 1.82) is 0 Å². The average molecular weight is 488 g/mol. The molecule has 0 bridgehead atoms. The molecule has 1 amide bonds. The second-order valence-corrected chi connectivity index (χ2v) is 7.79. The quantitative estimate of drug-likeness (QED) is 0.357. The molecule has 0 spiro atoms. The van der Waals surface area contributed by atoms with Crippen molar-refractivity contribution < 1.29 is 23.8 Å². The van der Waals surface area contributed by atoms with Crippen LogP contribution in [0.4, 0.5) is 5.69 Å². The summed E-state index contributed by atoms with van der Waals surface area (Å²) in [5, 5.41) is 0.947. The Hall–Kier alpha value is -3.22. The summed E-state index contributed by atoms with van der Waals surface area (Å²) in [5.74, 6) is 0.506. The van der Waals surface area contributed by atoms with E-state index in [4.69, 9.17) is 37.4 Å². The van der Waals surface area contributed by atoms with Gasteiger partial charge in [-0.2, -0.15) is 0 Å². The fraction of sp³-hybridized carbons (Fsp3) is 0.200. The van der Waals surface area contributed by atoms with Crippen LogP contribution in [0.1, 0.15) is 22.8 Å². The van der Waals surface area contributed by atoms with Crippen LogP contribution in [0.15, 0.2) is 66.7 Å². The number of methoxy groups -OCH3 is 1. The summed E-state index contributed by atoms with van der Waals surface area (Å²) in [4.78, 5) is 26.7. The van der Waals surface area contributed by atoms with E-state index < -0.39 is 5.97 Å². The van der Waals surface area contributed by atoms with E-state index >= 15 is 0 Å². The number of esters is 1. The third-order valence-electron chi connectivity index (χ3n) is 4.76. The number of ether oxygens (including phenoxy) is 3. The van der Waals surface area contributed by atoms with Gasteiger partial charge in [0.1, 0.15) is 11.5 Å². The average Bonchev–Trinajstić information content (AvgIpc) is 2.82. The third-order valence-corrected chi connectivity index (χ3v) is 5.34. The van der Waals surface area contributed by atoms with Gasteiger partial charge in [-0.05, 0) is 73.2 Å². The van der Waals surface area contributed by atoms with Gasteiger partial charge in [-0.3, -0.25) is 4.79 Å². The minimum absolute atomic E-state index is 0.194. The van der Waals surface area contributed by atoms with E-state index in [2.05, 4.69) is 0 Å². The summed E-state index contributed by atoms with van der Waals surface area (Å²) in [6, 6.07) is 18.6. The molecule has 0 fully saturated rings. The molecule has 0 atom stereocenters. The van der Waals surface area contributed by atoms with E-state index in [9.17, 15) is 9.59 Å². The maximum Gasteiger partial charge on any atom is 0.338 e. The Labute approximate surface area is 202 Å². The van der Waals surface area contributed by atoms with Gasteiger partial charge in [0, 0.05) is 15.7 Å². The number of amides is 1. The molecule has 0 N–H and O–H groups in total. The number of benzene rings is 3. The third kappa shape index (κ3) is 6.63. The molecule has 0 aliphatic heterocycles. The van der Waals surface area contributed by atoms with Gasteiger partial charge in [-0.1, -0.05) is 29.3 Å². The highest BCUT2D eigenvalue weighted by Gasteiger charge is 2.19. The zero-order chi connectivity index (χ0) is 23.8. The van der Waals surface area contributed by atoms with Crippen LogP contribution < -0.4 is 14.4 Å². The van der Waals surface area contributed by atoms with Crippen molar-refractivity contribution in [3.05, 3.63) is 87.9 Å². The molecule has 0 aliphatic rings. The highest BCUT2D eigenvalue weighted by molar-refractivity contribution is 6.35. The number of nitrogens with zero attached hydrogens (tertiary/aromatic N) is 1. The minimum atomic E-state index is -0.425. The molecule has 0 heterocycles. The first-order valence-electron chi connectivity index (χ1n) is 10.2. The van der Waals surface area contributed by atoms with Crippen molar-refractivity contribution in [3.8, 4) is 11.5 Å². The van der Waals surface area contributed by atoms with Gasteiger partial charge in [0.2, 0.25) is 0 Å². The molecule has 3 aromatic rings. The van der Waals surface area contributed by atoms with Crippen molar-refractivity contribution in [2.75, 3.05) is 25.2 Å². The maximum atomic E-state index is 13.2. The molecule has 0 radical (unpaired) electrons. The summed E-state index contributed by atoms with van der Waals surface area (Å²) in [6.07, 6.45) is 0. The summed E-state index contributed by atoms with van der Waals surface area (Å²) in [6.45, 7) is 2.02. The van der Waals surface area contributed by atoms with Gasteiger partial charge in [0.05, 0.1) is 25.8 Å². The lowest BCUT2D eigenvalue weighted by Crippen LogP contribution is -2.34. The van der Waals surface area contributed by atoms with Crippen molar-refractivity contribution in [2.24, 2.45) is 0 Å². The summed E-state index contributed by atoms with van der Waals surface area (Å²) >= 11 is 12.3. The van der Waals surface area contributed by atoms with Crippen LogP contribution in [-0.2, 0) is 16.1 Å². The monoisotopic (exact) mass is 487 g/mol. The lowest BCUT2D eigenvalue weighted by atomic mass is 10.1. The summed E-state index contributed by atoms with van der Waals surface area (Å²) < 4.78 is 15.8. The van der Waals surface area contributed by atoms with Crippen LogP contribution in [0, 0.1) is 0 Å².